The highest BCUT2D eigenvalue weighted by atomic mass is 31.2. The van der Waals surface area contributed by atoms with Crippen LogP contribution in [0.3, 0.4) is 0 Å². The predicted octanol–water partition coefficient (Wildman–Crippen LogP) is 4.74. The van der Waals surface area contributed by atoms with Crippen LogP contribution in [-0.2, 0) is 15.6 Å². The summed E-state index contributed by atoms with van der Waals surface area (Å²) in [6.07, 6.45) is 4.31. The zero-order valence-corrected chi connectivity index (χ0v) is 21.2. The van der Waals surface area contributed by atoms with Gasteiger partial charge in [-0.2, -0.15) is 0 Å². The molecule has 0 amide bonds. The Morgan fingerprint density at radius 2 is 1.77 bits per heavy atom. The van der Waals surface area contributed by atoms with Crippen molar-refractivity contribution in [1.82, 2.24) is 14.5 Å². The van der Waals surface area contributed by atoms with Crippen molar-refractivity contribution >= 4 is 26.0 Å². The minimum absolute atomic E-state index is 0.137. The molecule has 0 aliphatic rings. The Labute approximate surface area is 203 Å². The molecule has 4 rings (SSSR count). The van der Waals surface area contributed by atoms with E-state index < -0.39 is 20.9 Å². The molecule has 0 aliphatic heterocycles. The van der Waals surface area contributed by atoms with Crippen LogP contribution in [-0.4, -0.2) is 48.4 Å². The number of fused-ring (bicyclic) bond motifs is 1. The van der Waals surface area contributed by atoms with E-state index in [1.807, 2.05) is 66.2 Å². The first-order chi connectivity index (χ1) is 16.6. The molecule has 11 heteroatoms. The zero-order chi connectivity index (χ0) is 25.2. The SMILES string of the molecule is COc1cccc(-c2cn(-c3ccc(CCCP(=O)(O)CP(=O)(O)O)cc3)c3ncnc(C)c23)c1. The van der Waals surface area contributed by atoms with Crippen LogP contribution in [0.4, 0.5) is 0 Å². The molecular weight excluding hydrogens is 488 g/mol. The average Bonchev–Trinajstić information content (AvgIpc) is 3.19. The van der Waals surface area contributed by atoms with Crippen LogP contribution in [0.2, 0.25) is 0 Å². The lowest BCUT2D eigenvalue weighted by Crippen LogP contribution is -1.99. The van der Waals surface area contributed by atoms with Gasteiger partial charge in [0.2, 0.25) is 7.37 Å². The summed E-state index contributed by atoms with van der Waals surface area (Å²) < 4.78 is 30.4. The Morgan fingerprint density at radius 1 is 1.03 bits per heavy atom. The van der Waals surface area contributed by atoms with Gasteiger partial charge in [0.1, 0.15) is 23.6 Å². The van der Waals surface area contributed by atoms with E-state index in [1.165, 1.54) is 0 Å². The molecule has 0 saturated carbocycles. The second-order valence-corrected chi connectivity index (χ2v) is 13.0. The van der Waals surface area contributed by atoms with E-state index in [0.717, 1.165) is 44.9 Å². The Kier molecular flexibility index (Phi) is 7.27. The number of methoxy groups -OCH3 is 1. The number of nitrogens with zero attached hydrogens (tertiary/aromatic N) is 3. The molecule has 1 atom stereocenters. The van der Waals surface area contributed by atoms with Gasteiger partial charge in [-0.05, 0) is 55.2 Å². The molecule has 0 spiro atoms. The van der Waals surface area contributed by atoms with Crippen molar-refractivity contribution in [2.24, 2.45) is 0 Å². The normalized spacial score (nSPS) is 13.6. The van der Waals surface area contributed by atoms with Gasteiger partial charge in [-0.15, -0.1) is 0 Å². The van der Waals surface area contributed by atoms with Gasteiger partial charge in [0.15, 0.2) is 0 Å². The standard InChI is InChI=1S/C24H27N3O6P2/c1-17-23-22(19-6-3-7-21(13-19)33-2)14-27(24(23)26-15-25-17)20-10-8-18(9-11-20)5-4-12-34(28,29)16-35(30,31)32/h3,6-11,13-15H,4-5,12,16H2,1-2H3,(H,28,29)(H2,30,31,32). The van der Waals surface area contributed by atoms with Crippen molar-refractivity contribution in [2.75, 3.05) is 19.2 Å². The Bertz CT molecular complexity index is 1450. The van der Waals surface area contributed by atoms with Crippen molar-refractivity contribution < 1.29 is 28.5 Å². The van der Waals surface area contributed by atoms with Crippen LogP contribution in [0, 0.1) is 6.92 Å². The molecule has 0 aliphatic carbocycles. The summed E-state index contributed by atoms with van der Waals surface area (Å²) in [5.74, 6) is -0.216. The van der Waals surface area contributed by atoms with Gasteiger partial charge in [0.05, 0.1) is 12.8 Å². The molecular formula is C24H27N3O6P2. The fraction of sp³-hybridized carbons (Fsp3) is 0.250. The first kappa shape index (κ1) is 25.3. The van der Waals surface area contributed by atoms with Gasteiger partial charge in [0, 0.05) is 29.0 Å². The van der Waals surface area contributed by atoms with Crippen molar-refractivity contribution in [2.45, 2.75) is 19.8 Å². The first-order valence-electron chi connectivity index (χ1n) is 11.0. The Balaban J connectivity index is 1.59. The molecule has 3 N–H and O–H groups in total. The van der Waals surface area contributed by atoms with Gasteiger partial charge in [-0.3, -0.25) is 9.13 Å². The summed E-state index contributed by atoms with van der Waals surface area (Å²) in [5.41, 5.74) is 5.49. The summed E-state index contributed by atoms with van der Waals surface area (Å²) >= 11 is 0. The second kappa shape index (κ2) is 10.1. The molecule has 184 valence electrons. The molecule has 1 unspecified atom stereocenters. The third kappa shape index (κ3) is 6.07. The summed E-state index contributed by atoms with van der Waals surface area (Å²) in [4.78, 5) is 36.7. The molecule has 0 bridgehead atoms. The third-order valence-corrected chi connectivity index (χ3v) is 10.0. The lowest BCUT2D eigenvalue weighted by atomic mass is 10.0. The Morgan fingerprint density at radius 3 is 2.46 bits per heavy atom. The Hall–Kier alpha value is -2.80. The van der Waals surface area contributed by atoms with Gasteiger partial charge >= 0.3 is 7.60 Å². The van der Waals surface area contributed by atoms with Crippen molar-refractivity contribution in [1.29, 1.82) is 0 Å². The molecule has 0 radical (unpaired) electrons. The van der Waals surface area contributed by atoms with Crippen LogP contribution in [0.25, 0.3) is 27.8 Å². The maximum atomic E-state index is 12.0. The van der Waals surface area contributed by atoms with Crippen LogP contribution < -0.4 is 4.74 Å². The molecule has 2 aromatic heterocycles. The summed E-state index contributed by atoms with van der Waals surface area (Å²) in [5, 5.41) is 0.952. The van der Waals surface area contributed by atoms with Crippen LogP contribution >= 0.6 is 15.0 Å². The van der Waals surface area contributed by atoms with Crippen LogP contribution in [0.15, 0.2) is 61.1 Å². The fourth-order valence-corrected chi connectivity index (χ4v) is 7.65. The van der Waals surface area contributed by atoms with Gasteiger partial charge in [-0.25, -0.2) is 9.97 Å². The largest absolute Gasteiger partial charge is 0.497 e. The number of hydrogen-bond donors (Lipinski definition) is 3. The lowest BCUT2D eigenvalue weighted by Gasteiger charge is -2.12. The summed E-state index contributed by atoms with van der Waals surface area (Å²) in [7, 11) is -6.75. The van der Waals surface area contributed by atoms with E-state index >= 15 is 0 Å². The highest BCUT2D eigenvalue weighted by molar-refractivity contribution is 7.72. The molecule has 2 aromatic carbocycles. The van der Waals surface area contributed by atoms with E-state index in [4.69, 9.17) is 14.5 Å². The molecule has 2 heterocycles. The predicted molar refractivity (Wildman–Crippen MR) is 136 cm³/mol. The van der Waals surface area contributed by atoms with E-state index in [0.29, 0.717) is 12.8 Å². The van der Waals surface area contributed by atoms with E-state index in [1.54, 1.807) is 13.4 Å². The van der Waals surface area contributed by atoms with Gasteiger partial charge in [0.25, 0.3) is 0 Å². The minimum atomic E-state index is -4.52. The van der Waals surface area contributed by atoms with Crippen molar-refractivity contribution in [3.05, 3.63) is 72.3 Å². The average molecular weight is 515 g/mol. The zero-order valence-electron chi connectivity index (χ0n) is 19.4. The maximum absolute atomic E-state index is 12.0. The smallest absolute Gasteiger partial charge is 0.335 e. The number of benzene rings is 2. The van der Waals surface area contributed by atoms with E-state index in [-0.39, 0.29) is 6.16 Å². The second-order valence-electron chi connectivity index (χ2n) is 8.45. The van der Waals surface area contributed by atoms with Crippen molar-refractivity contribution in [3.63, 3.8) is 0 Å². The molecule has 9 nitrogen and oxygen atoms in total. The van der Waals surface area contributed by atoms with Crippen LogP contribution in [0.1, 0.15) is 17.7 Å². The highest BCUT2D eigenvalue weighted by Gasteiger charge is 2.28. The minimum Gasteiger partial charge on any atom is -0.497 e. The monoisotopic (exact) mass is 515 g/mol. The number of ether oxygens (including phenoxy) is 1. The maximum Gasteiger partial charge on any atom is 0.335 e. The van der Waals surface area contributed by atoms with E-state index in [9.17, 15) is 14.0 Å². The third-order valence-electron chi connectivity index (χ3n) is 5.75. The van der Waals surface area contributed by atoms with Gasteiger partial charge in [-0.1, -0.05) is 24.3 Å². The topological polar surface area (TPSA) is 135 Å². The molecule has 0 saturated heterocycles. The quantitative estimate of drug-likeness (QED) is 0.272. The molecule has 0 fully saturated rings. The summed E-state index contributed by atoms with van der Waals surface area (Å²) in [6.45, 7) is 1.95. The first-order valence-corrected chi connectivity index (χ1v) is 14.8. The fourth-order valence-electron chi connectivity index (χ4n) is 4.13. The van der Waals surface area contributed by atoms with Crippen molar-refractivity contribution in [3.8, 4) is 22.6 Å². The summed E-state index contributed by atoms with van der Waals surface area (Å²) in [6, 6.07) is 15.6. The number of hydrogen-bond acceptors (Lipinski definition) is 5. The molecule has 4 aromatic rings. The number of rotatable bonds is 9. The lowest BCUT2D eigenvalue weighted by molar-refractivity contribution is 0.376. The number of aromatic nitrogens is 3. The van der Waals surface area contributed by atoms with Crippen LogP contribution in [0.5, 0.6) is 5.75 Å². The van der Waals surface area contributed by atoms with Gasteiger partial charge < -0.3 is 24.0 Å². The number of aryl methyl sites for hydroxylation is 2. The molecule has 35 heavy (non-hydrogen) atoms. The highest BCUT2D eigenvalue weighted by Crippen LogP contribution is 2.54. The van der Waals surface area contributed by atoms with E-state index in [2.05, 4.69) is 9.97 Å².